The number of aromatic carboxylic acids is 1. The third-order valence-electron chi connectivity index (χ3n) is 2.01. The van der Waals surface area contributed by atoms with Gasteiger partial charge < -0.3 is 5.11 Å². The van der Waals surface area contributed by atoms with E-state index in [0.29, 0.717) is 0 Å². The summed E-state index contributed by atoms with van der Waals surface area (Å²) in [6.07, 6.45) is 0. The summed E-state index contributed by atoms with van der Waals surface area (Å²) in [4.78, 5) is 22.6. The third kappa shape index (κ3) is 2.36. The van der Waals surface area contributed by atoms with E-state index in [4.69, 9.17) is 16.7 Å². The molecule has 15 heavy (non-hydrogen) atoms. The Morgan fingerprint density at radius 3 is 2.40 bits per heavy atom. The first-order chi connectivity index (χ1) is 6.95. The Balaban J connectivity index is 3.37. The first-order valence-corrected chi connectivity index (χ1v) is 4.89. The minimum atomic E-state index is -1.14. The van der Waals surface area contributed by atoms with Gasteiger partial charge in [-0.1, -0.05) is 31.5 Å². The zero-order valence-electron chi connectivity index (χ0n) is 8.45. The maximum Gasteiger partial charge on any atom is 0.336 e. The van der Waals surface area contributed by atoms with Crippen LogP contribution in [-0.2, 0) is 0 Å². The maximum absolute atomic E-state index is 11.7. The molecular formula is C11H11ClO3. The van der Waals surface area contributed by atoms with Crippen molar-refractivity contribution in [3.05, 3.63) is 34.3 Å². The average Bonchev–Trinajstić information content (AvgIpc) is 2.16. The molecule has 1 aromatic carbocycles. The van der Waals surface area contributed by atoms with Crippen LogP contribution < -0.4 is 0 Å². The van der Waals surface area contributed by atoms with Crippen LogP contribution in [-0.4, -0.2) is 16.9 Å². The number of rotatable bonds is 3. The third-order valence-corrected chi connectivity index (χ3v) is 2.33. The fraction of sp³-hybridized carbons (Fsp3) is 0.273. The number of carbonyl (C=O) groups is 2. The van der Waals surface area contributed by atoms with Crippen LogP contribution in [0.15, 0.2) is 18.2 Å². The topological polar surface area (TPSA) is 54.4 Å². The number of hydrogen-bond acceptors (Lipinski definition) is 2. The summed E-state index contributed by atoms with van der Waals surface area (Å²) in [5, 5.41) is 9.10. The number of carbonyl (C=O) groups excluding carboxylic acids is 1. The van der Waals surface area contributed by atoms with E-state index in [0.717, 1.165) is 0 Å². The summed E-state index contributed by atoms with van der Waals surface area (Å²) in [6.45, 7) is 3.41. The van der Waals surface area contributed by atoms with Crippen LogP contribution >= 0.6 is 11.6 Å². The molecular weight excluding hydrogens is 216 g/mol. The SMILES string of the molecule is CC(C)C(=O)c1c(Cl)cccc1C(=O)O. The largest absolute Gasteiger partial charge is 0.478 e. The summed E-state index contributed by atoms with van der Waals surface area (Å²) < 4.78 is 0. The molecule has 0 radical (unpaired) electrons. The van der Waals surface area contributed by atoms with E-state index >= 15 is 0 Å². The highest BCUT2D eigenvalue weighted by atomic mass is 35.5. The van der Waals surface area contributed by atoms with Crippen molar-refractivity contribution in [1.29, 1.82) is 0 Å². The molecule has 0 bridgehead atoms. The molecule has 0 aliphatic heterocycles. The highest BCUT2D eigenvalue weighted by molar-refractivity contribution is 6.35. The fourth-order valence-corrected chi connectivity index (χ4v) is 1.51. The highest BCUT2D eigenvalue weighted by Crippen LogP contribution is 2.23. The zero-order chi connectivity index (χ0) is 11.6. The normalized spacial score (nSPS) is 10.4. The molecule has 0 aliphatic carbocycles. The van der Waals surface area contributed by atoms with Gasteiger partial charge in [-0.05, 0) is 12.1 Å². The Morgan fingerprint density at radius 1 is 1.33 bits per heavy atom. The molecule has 0 saturated carbocycles. The summed E-state index contributed by atoms with van der Waals surface area (Å²) >= 11 is 5.83. The predicted octanol–water partition coefficient (Wildman–Crippen LogP) is 2.88. The van der Waals surface area contributed by atoms with Crippen LogP contribution in [0.2, 0.25) is 5.02 Å². The number of carboxylic acid groups (broad SMARTS) is 1. The standard InChI is InChI=1S/C11H11ClO3/c1-6(2)10(13)9-7(11(14)15)4-3-5-8(9)12/h3-6H,1-2H3,(H,14,15). The molecule has 1 aromatic rings. The maximum atomic E-state index is 11.7. The van der Waals surface area contributed by atoms with Crippen LogP contribution in [0.1, 0.15) is 34.6 Å². The van der Waals surface area contributed by atoms with E-state index in [1.807, 2.05) is 0 Å². The van der Waals surface area contributed by atoms with Gasteiger partial charge in [-0.15, -0.1) is 0 Å². The number of ketones is 1. The molecule has 1 N–H and O–H groups in total. The van der Waals surface area contributed by atoms with Crippen molar-refractivity contribution in [3.8, 4) is 0 Å². The monoisotopic (exact) mass is 226 g/mol. The van der Waals surface area contributed by atoms with Crippen LogP contribution in [0.25, 0.3) is 0 Å². The molecule has 1 rings (SSSR count). The van der Waals surface area contributed by atoms with Crippen LogP contribution in [0.5, 0.6) is 0 Å². The number of hydrogen-bond donors (Lipinski definition) is 1. The molecule has 3 nitrogen and oxygen atoms in total. The molecule has 0 amide bonds. The van der Waals surface area contributed by atoms with Crippen molar-refractivity contribution < 1.29 is 14.7 Å². The second kappa shape index (κ2) is 4.45. The Labute approximate surface area is 92.7 Å². The Bertz CT molecular complexity index is 410. The summed E-state index contributed by atoms with van der Waals surface area (Å²) in [5.41, 5.74) is 0.0582. The second-order valence-electron chi connectivity index (χ2n) is 3.49. The number of Topliss-reactive ketones (excluding diaryl/α,β-unsaturated/α-hetero) is 1. The van der Waals surface area contributed by atoms with Gasteiger partial charge in [0, 0.05) is 5.92 Å². The van der Waals surface area contributed by atoms with Gasteiger partial charge in [-0.2, -0.15) is 0 Å². The predicted molar refractivity (Wildman–Crippen MR) is 57.6 cm³/mol. The molecule has 0 fully saturated rings. The van der Waals surface area contributed by atoms with Gasteiger partial charge in [0.15, 0.2) is 5.78 Å². The van der Waals surface area contributed by atoms with E-state index in [9.17, 15) is 9.59 Å². The van der Waals surface area contributed by atoms with Crippen molar-refractivity contribution in [2.45, 2.75) is 13.8 Å². The molecule has 0 atom stereocenters. The van der Waals surface area contributed by atoms with Gasteiger partial charge in [-0.3, -0.25) is 4.79 Å². The molecule has 4 heteroatoms. The molecule has 0 unspecified atom stereocenters. The van der Waals surface area contributed by atoms with Crippen molar-refractivity contribution in [1.82, 2.24) is 0 Å². The number of benzene rings is 1. The Morgan fingerprint density at radius 2 is 1.93 bits per heavy atom. The zero-order valence-corrected chi connectivity index (χ0v) is 9.21. The molecule has 0 aliphatic rings. The van der Waals surface area contributed by atoms with Gasteiger partial charge in [0.05, 0.1) is 16.1 Å². The van der Waals surface area contributed by atoms with Crippen LogP contribution in [0.4, 0.5) is 0 Å². The fourth-order valence-electron chi connectivity index (χ4n) is 1.24. The van der Waals surface area contributed by atoms with Crippen LogP contribution in [0, 0.1) is 5.92 Å². The van der Waals surface area contributed by atoms with Gasteiger partial charge in [0.1, 0.15) is 0 Å². The lowest BCUT2D eigenvalue weighted by molar-refractivity contribution is 0.0691. The van der Waals surface area contributed by atoms with Crippen molar-refractivity contribution in [2.24, 2.45) is 5.92 Å². The highest BCUT2D eigenvalue weighted by Gasteiger charge is 2.21. The van der Waals surface area contributed by atoms with E-state index in [-0.39, 0.29) is 27.9 Å². The van der Waals surface area contributed by atoms with E-state index in [1.54, 1.807) is 13.8 Å². The molecule has 0 aromatic heterocycles. The molecule has 0 spiro atoms. The van der Waals surface area contributed by atoms with E-state index < -0.39 is 5.97 Å². The Hall–Kier alpha value is -1.35. The van der Waals surface area contributed by atoms with Crippen molar-refractivity contribution in [3.63, 3.8) is 0 Å². The van der Waals surface area contributed by atoms with E-state index in [2.05, 4.69) is 0 Å². The minimum absolute atomic E-state index is 0.0406. The first-order valence-electron chi connectivity index (χ1n) is 4.51. The second-order valence-corrected chi connectivity index (χ2v) is 3.89. The molecule has 80 valence electrons. The number of halogens is 1. The first kappa shape index (κ1) is 11.7. The van der Waals surface area contributed by atoms with Crippen molar-refractivity contribution >= 4 is 23.4 Å². The minimum Gasteiger partial charge on any atom is -0.478 e. The lowest BCUT2D eigenvalue weighted by atomic mass is 9.96. The quantitative estimate of drug-likeness (QED) is 0.807. The van der Waals surface area contributed by atoms with Crippen LogP contribution in [0.3, 0.4) is 0 Å². The molecule has 0 heterocycles. The summed E-state index contributed by atoms with van der Waals surface area (Å²) in [5.74, 6) is -1.66. The smallest absolute Gasteiger partial charge is 0.336 e. The summed E-state index contributed by atoms with van der Waals surface area (Å²) in [7, 11) is 0. The Kier molecular flexibility index (Phi) is 3.48. The lowest BCUT2D eigenvalue weighted by Gasteiger charge is -2.09. The van der Waals surface area contributed by atoms with Gasteiger partial charge in [0.25, 0.3) is 0 Å². The molecule has 0 saturated heterocycles. The summed E-state index contributed by atoms with van der Waals surface area (Å²) in [6, 6.07) is 4.41. The lowest BCUT2D eigenvalue weighted by Crippen LogP contribution is -2.14. The number of carboxylic acids is 1. The van der Waals surface area contributed by atoms with Gasteiger partial charge in [-0.25, -0.2) is 4.79 Å². The van der Waals surface area contributed by atoms with E-state index in [1.165, 1.54) is 18.2 Å². The van der Waals surface area contributed by atoms with Gasteiger partial charge >= 0.3 is 5.97 Å². The van der Waals surface area contributed by atoms with Gasteiger partial charge in [0.2, 0.25) is 0 Å². The van der Waals surface area contributed by atoms with Crippen molar-refractivity contribution in [2.75, 3.05) is 0 Å². The average molecular weight is 227 g/mol.